The van der Waals surface area contributed by atoms with Crippen LogP contribution in [0.1, 0.15) is 46.0 Å². The zero-order valence-corrected chi connectivity index (χ0v) is 38.5. The van der Waals surface area contributed by atoms with Crippen molar-refractivity contribution in [3.8, 4) is 0 Å². The van der Waals surface area contributed by atoms with Crippen LogP contribution >= 0.6 is 63.0 Å². The van der Waals surface area contributed by atoms with Gasteiger partial charge in [-0.3, -0.25) is 23.4 Å². The minimum atomic E-state index is -0.613. The first-order chi connectivity index (χ1) is 30.7. The summed E-state index contributed by atoms with van der Waals surface area (Å²) in [6, 6.07) is 30.7. The maximum atomic E-state index is 13.4. The number of carbonyl (C=O) groups is 2. The second-order valence-corrected chi connectivity index (χ2v) is 17.7. The number of nitrogens with zero attached hydrogens (tertiary/aromatic N) is 5. The predicted octanol–water partition coefficient (Wildman–Crippen LogP) is 9.85. The summed E-state index contributed by atoms with van der Waals surface area (Å²) in [5.74, 6) is -0.563. The number of ether oxygens (including phenoxy) is 2. The number of hydrogen-bond donors (Lipinski definition) is 1. The summed E-state index contributed by atoms with van der Waals surface area (Å²) < 4.78 is 16.0. The van der Waals surface area contributed by atoms with Gasteiger partial charge in [-0.25, -0.2) is 24.5 Å². The molecule has 2 aromatic carbocycles. The van der Waals surface area contributed by atoms with Gasteiger partial charge in [-0.05, 0) is 62.4 Å². The maximum Gasteiger partial charge on any atom is 0.345 e. The summed E-state index contributed by atoms with van der Waals surface area (Å²) in [6.07, 6.45) is 7.02. The van der Waals surface area contributed by atoms with Crippen LogP contribution in [0.25, 0.3) is 52.2 Å². The van der Waals surface area contributed by atoms with Crippen LogP contribution in [-0.4, -0.2) is 48.9 Å². The molecule has 0 atom stereocenters. The van der Waals surface area contributed by atoms with Gasteiger partial charge in [0.15, 0.2) is 11.9 Å². The molecule has 0 aliphatic heterocycles. The van der Waals surface area contributed by atoms with Gasteiger partial charge >= 0.3 is 11.9 Å². The van der Waals surface area contributed by atoms with Crippen molar-refractivity contribution in [1.29, 1.82) is 0 Å². The fourth-order valence-electron chi connectivity index (χ4n) is 6.76. The molecule has 10 rings (SSSR count). The first-order valence-corrected chi connectivity index (χ1v) is 23.7. The van der Waals surface area contributed by atoms with E-state index in [4.69, 9.17) is 9.47 Å². The van der Waals surface area contributed by atoms with Crippen molar-refractivity contribution < 1.29 is 24.0 Å². The van der Waals surface area contributed by atoms with E-state index < -0.39 is 11.9 Å². The normalized spacial score (nSPS) is 11.1. The highest BCUT2D eigenvalue weighted by atomic mass is 79.9. The smallest absolute Gasteiger partial charge is 0.345 e. The molecule has 63 heavy (non-hydrogen) atoms. The number of thiol groups is 1. The molecule has 10 aromatic rings. The Balaban J connectivity index is 0.000000150. The molecule has 0 radical (unpaired) electrons. The van der Waals surface area contributed by atoms with E-state index in [0.717, 1.165) is 36.4 Å². The van der Waals surface area contributed by atoms with Crippen LogP contribution in [0.2, 0.25) is 0 Å². The van der Waals surface area contributed by atoms with Crippen molar-refractivity contribution in [2.24, 2.45) is 0 Å². The predicted molar refractivity (Wildman–Crippen MR) is 257 cm³/mol. The number of para-hydroxylation sites is 2. The molecule has 1 N–H and O–H groups in total. The largest absolute Gasteiger partial charge is 0.462 e. The third kappa shape index (κ3) is 8.97. The molecule has 0 bridgehead atoms. The second-order valence-electron chi connectivity index (χ2n) is 13.5. The van der Waals surface area contributed by atoms with Gasteiger partial charge in [-0.15, -0.1) is 47.1 Å². The molecule has 0 unspecified atom stereocenters. The molecular weight excluding hydrogens is 941 g/mol. The highest BCUT2D eigenvalue weighted by Crippen LogP contribution is 2.33. The van der Waals surface area contributed by atoms with Gasteiger partial charge in [0.1, 0.15) is 32.1 Å². The van der Waals surface area contributed by atoms with E-state index >= 15 is 0 Å². The van der Waals surface area contributed by atoms with Crippen molar-refractivity contribution >= 4 is 127 Å². The monoisotopic (exact) mass is 975 g/mol. The molecule has 0 spiro atoms. The quantitative estimate of drug-likeness (QED) is 0.0675. The minimum Gasteiger partial charge on any atom is -0.462 e. The topological polar surface area (TPSA) is 148 Å². The van der Waals surface area contributed by atoms with Crippen LogP contribution in [-0.2, 0) is 20.6 Å². The standard InChI is InChI=1S/C23H17N3O3S2.C17H12N2O3S2.C6H6BrN/c1-2-29-23(28)19-20(27)16-11-15(30-13-14-7-5-6-10-24-14)12-25-21(16)26-17-8-3-4-9-18(17)31-22(19)26;1-2-22-17(21)13-14(20)10-7-9(23)8-18-15(10)19-11-5-3-4-6-12(11)24-16(13)19;7-5-6-3-1-2-4-8-6/h3-12H,2,13H2,1H3;3-8,23H,2H2,1H3;1-4H,5H2/p+1. The van der Waals surface area contributed by atoms with Gasteiger partial charge in [0.2, 0.25) is 10.9 Å². The molecule has 8 aromatic heterocycles. The van der Waals surface area contributed by atoms with E-state index in [9.17, 15) is 19.2 Å². The zero-order valence-electron chi connectivity index (χ0n) is 33.6. The average Bonchev–Trinajstić information content (AvgIpc) is 3.89. The van der Waals surface area contributed by atoms with Gasteiger partial charge in [0.25, 0.3) is 0 Å². The van der Waals surface area contributed by atoms with Crippen LogP contribution in [0.3, 0.4) is 0 Å². The average molecular weight is 977 g/mol. The molecule has 316 valence electrons. The van der Waals surface area contributed by atoms with E-state index in [1.165, 1.54) is 28.4 Å². The number of benzene rings is 2. The van der Waals surface area contributed by atoms with Gasteiger partial charge in [-0.2, -0.15) is 0 Å². The Bertz CT molecular complexity index is 3430. The fourth-order valence-corrected chi connectivity index (χ4v) is 10.5. The number of H-pyrrole nitrogens is 1. The zero-order chi connectivity index (χ0) is 44.0. The maximum absolute atomic E-state index is 13.4. The van der Waals surface area contributed by atoms with E-state index in [-0.39, 0.29) is 35.2 Å². The number of aromatic nitrogens is 6. The molecular formula is C46H36BrN6O6S4+. The molecule has 17 heteroatoms. The Hall–Kier alpha value is -5.98. The molecule has 0 fully saturated rings. The van der Waals surface area contributed by atoms with Crippen LogP contribution in [0.4, 0.5) is 0 Å². The van der Waals surface area contributed by atoms with E-state index in [2.05, 4.69) is 48.5 Å². The fraction of sp³-hybridized carbons (Fsp3) is 0.130. The lowest BCUT2D eigenvalue weighted by atomic mass is 10.2. The van der Waals surface area contributed by atoms with Crippen molar-refractivity contribution in [3.63, 3.8) is 0 Å². The number of aromatic amines is 1. The lowest BCUT2D eigenvalue weighted by Gasteiger charge is -2.09. The van der Waals surface area contributed by atoms with Crippen LogP contribution in [0, 0.1) is 0 Å². The number of carbonyl (C=O) groups excluding carboxylic acids is 2. The molecule has 0 saturated heterocycles. The summed E-state index contributed by atoms with van der Waals surface area (Å²) in [4.78, 5) is 70.4. The number of pyridine rings is 6. The lowest BCUT2D eigenvalue weighted by Crippen LogP contribution is -2.20. The lowest BCUT2D eigenvalue weighted by molar-refractivity contribution is -0.388. The van der Waals surface area contributed by atoms with Crippen molar-refractivity contribution in [1.82, 2.24) is 23.8 Å². The summed E-state index contributed by atoms with van der Waals surface area (Å²) in [7, 11) is 0. The van der Waals surface area contributed by atoms with Crippen LogP contribution < -0.4 is 15.8 Å². The van der Waals surface area contributed by atoms with E-state index in [1.807, 2.05) is 99.9 Å². The Kier molecular flexibility index (Phi) is 13.6. The number of hydrogen-bond acceptors (Lipinski definition) is 13. The number of esters is 2. The number of nitrogens with one attached hydrogen (secondary N) is 1. The molecule has 0 aliphatic rings. The summed E-state index contributed by atoms with van der Waals surface area (Å²) in [5.41, 5.74) is 4.36. The number of rotatable bonds is 8. The van der Waals surface area contributed by atoms with Crippen LogP contribution in [0.15, 0.2) is 141 Å². The van der Waals surface area contributed by atoms with Gasteiger partial charge in [0, 0.05) is 46.3 Å². The Morgan fingerprint density at radius 3 is 1.81 bits per heavy atom. The number of alkyl halides is 1. The van der Waals surface area contributed by atoms with E-state index in [1.54, 1.807) is 56.3 Å². The third-order valence-electron chi connectivity index (χ3n) is 9.51. The van der Waals surface area contributed by atoms with Crippen molar-refractivity contribution in [2.75, 3.05) is 13.2 Å². The third-order valence-corrected chi connectivity index (χ3v) is 13.6. The second kappa shape index (κ2) is 19.6. The highest BCUT2D eigenvalue weighted by Gasteiger charge is 2.25. The van der Waals surface area contributed by atoms with Crippen LogP contribution in [0.5, 0.6) is 0 Å². The number of halogens is 1. The first kappa shape index (κ1) is 43.7. The SMILES string of the molecule is BrCc1cccc[nH+]1.CCOC(=O)c1c(=O)c2cc(S)cnc2n2c1sc1ccccc12.CCOC(=O)c1c(=O)c2cc(SCc3ccccn3)cnc2n2c1sc1ccccc12. The summed E-state index contributed by atoms with van der Waals surface area (Å²) >= 11 is 11.9. The van der Waals surface area contributed by atoms with E-state index in [0.29, 0.717) is 42.4 Å². The summed E-state index contributed by atoms with van der Waals surface area (Å²) in [5, 5.41) is 1.65. The Morgan fingerprint density at radius 2 is 1.29 bits per heavy atom. The number of thioether (sulfide) groups is 1. The first-order valence-electron chi connectivity index (χ1n) is 19.5. The summed E-state index contributed by atoms with van der Waals surface area (Å²) in [6.45, 7) is 3.85. The molecule has 0 saturated carbocycles. The molecule has 12 nitrogen and oxygen atoms in total. The number of fused-ring (bicyclic) bond motifs is 10. The minimum absolute atomic E-state index is 0.0475. The number of thiazole rings is 2. The Labute approximate surface area is 385 Å². The Morgan fingerprint density at radius 1 is 0.730 bits per heavy atom. The van der Waals surface area contributed by atoms with Gasteiger partial charge in [-0.1, -0.05) is 52.3 Å². The highest BCUT2D eigenvalue weighted by molar-refractivity contribution is 9.08. The van der Waals surface area contributed by atoms with Crippen molar-refractivity contribution in [2.45, 2.75) is 34.7 Å². The van der Waals surface area contributed by atoms with Crippen molar-refractivity contribution in [3.05, 3.63) is 165 Å². The van der Waals surface area contributed by atoms with Gasteiger partial charge < -0.3 is 9.47 Å². The van der Waals surface area contributed by atoms with Gasteiger partial charge in [0.05, 0.1) is 55.4 Å². The molecule has 0 aliphatic carbocycles. The molecule has 8 heterocycles. The molecule has 0 amide bonds.